The van der Waals surface area contributed by atoms with Gasteiger partial charge in [0.15, 0.2) is 5.82 Å². The van der Waals surface area contributed by atoms with Crippen LogP contribution >= 0.6 is 0 Å². The standard InChI is InChI=1S/C13H22N4O/c1-3-18-13-9-15-8-12(16-13)17-10(2)5-4-6-11(17)7-14/h8-11H,3-7,14H2,1-2H3. The summed E-state index contributed by atoms with van der Waals surface area (Å²) < 4.78 is 5.41. The first kappa shape index (κ1) is 13.1. The highest BCUT2D eigenvalue weighted by Gasteiger charge is 2.28. The number of hydrogen-bond donors (Lipinski definition) is 1. The summed E-state index contributed by atoms with van der Waals surface area (Å²) in [5.41, 5.74) is 5.87. The molecule has 0 bridgehead atoms. The van der Waals surface area contributed by atoms with E-state index in [4.69, 9.17) is 10.5 Å². The van der Waals surface area contributed by atoms with Gasteiger partial charge in [0.05, 0.1) is 19.0 Å². The van der Waals surface area contributed by atoms with E-state index < -0.39 is 0 Å². The average Bonchev–Trinajstić information content (AvgIpc) is 2.39. The van der Waals surface area contributed by atoms with Crippen LogP contribution in [0.25, 0.3) is 0 Å². The van der Waals surface area contributed by atoms with Crippen LogP contribution < -0.4 is 15.4 Å². The fourth-order valence-electron chi connectivity index (χ4n) is 2.61. The quantitative estimate of drug-likeness (QED) is 0.879. The van der Waals surface area contributed by atoms with Gasteiger partial charge >= 0.3 is 0 Å². The Bertz CT molecular complexity index is 385. The molecule has 0 amide bonds. The highest BCUT2D eigenvalue weighted by atomic mass is 16.5. The molecule has 2 rings (SSSR count). The second-order valence-electron chi connectivity index (χ2n) is 4.73. The molecule has 1 aliphatic rings. The minimum atomic E-state index is 0.361. The number of nitrogens with two attached hydrogens (primary N) is 1. The number of hydrogen-bond acceptors (Lipinski definition) is 5. The Labute approximate surface area is 108 Å². The molecule has 1 aromatic heterocycles. The first-order chi connectivity index (χ1) is 8.76. The Morgan fingerprint density at radius 1 is 1.44 bits per heavy atom. The van der Waals surface area contributed by atoms with Crippen LogP contribution in [-0.4, -0.2) is 35.2 Å². The zero-order valence-corrected chi connectivity index (χ0v) is 11.2. The van der Waals surface area contributed by atoms with E-state index in [0.717, 1.165) is 12.2 Å². The van der Waals surface area contributed by atoms with Crippen LogP contribution in [0.15, 0.2) is 12.4 Å². The molecule has 1 saturated heterocycles. The molecule has 5 nitrogen and oxygen atoms in total. The van der Waals surface area contributed by atoms with Crippen molar-refractivity contribution in [2.75, 3.05) is 18.1 Å². The predicted molar refractivity (Wildman–Crippen MR) is 71.8 cm³/mol. The fraction of sp³-hybridized carbons (Fsp3) is 0.692. The second-order valence-corrected chi connectivity index (χ2v) is 4.73. The molecule has 2 atom stereocenters. The minimum absolute atomic E-state index is 0.361. The van der Waals surface area contributed by atoms with Crippen LogP contribution in [0, 0.1) is 0 Å². The van der Waals surface area contributed by atoms with Crippen LogP contribution in [0.5, 0.6) is 5.88 Å². The van der Waals surface area contributed by atoms with Gasteiger partial charge in [-0.15, -0.1) is 0 Å². The van der Waals surface area contributed by atoms with Crippen LogP contribution in [0.4, 0.5) is 5.82 Å². The second kappa shape index (κ2) is 6.00. The van der Waals surface area contributed by atoms with Gasteiger partial charge in [0, 0.05) is 18.6 Å². The molecule has 0 aliphatic carbocycles. The lowest BCUT2D eigenvalue weighted by molar-refractivity contribution is 0.323. The topological polar surface area (TPSA) is 64.3 Å². The summed E-state index contributed by atoms with van der Waals surface area (Å²) in [6.45, 7) is 5.43. The molecule has 1 aliphatic heterocycles. The molecule has 2 N–H and O–H groups in total. The number of ether oxygens (including phenoxy) is 1. The molecule has 1 aromatic rings. The van der Waals surface area contributed by atoms with Gasteiger partial charge in [-0.05, 0) is 33.1 Å². The SMILES string of the molecule is CCOc1cncc(N2C(C)CCCC2CN)n1. The first-order valence-electron chi connectivity index (χ1n) is 6.69. The molecule has 0 aromatic carbocycles. The lowest BCUT2D eigenvalue weighted by Crippen LogP contribution is -2.49. The van der Waals surface area contributed by atoms with E-state index in [2.05, 4.69) is 21.8 Å². The molecular formula is C13H22N4O. The third-order valence-electron chi connectivity index (χ3n) is 3.46. The largest absolute Gasteiger partial charge is 0.477 e. The van der Waals surface area contributed by atoms with Gasteiger partial charge in [0.1, 0.15) is 0 Å². The summed E-state index contributed by atoms with van der Waals surface area (Å²) in [5, 5.41) is 0. The summed E-state index contributed by atoms with van der Waals surface area (Å²) >= 11 is 0. The number of aromatic nitrogens is 2. The Balaban J connectivity index is 2.23. The molecule has 2 heterocycles. The highest BCUT2D eigenvalue weighted by Crippen LogP contribution is 2.27. The van der Waals surface area contributed by atoms with Crippen molar-refractivity contribution >= 4 is 5.82 Å². The summed E-state index contributed by atoms with van der Waals surface area (Å²) in [5.74, 6) is 1.46. The van der Waals surface area contributed by atoms with Gasteiger partial charge in [0.2, 0.25) is 5.88 Å². The van der Waals surface area contributed by atoms with E-state index in [1.165, 1.54) is 12.8 Å². The first-order valence-corrected chi connectivity index (χ1v) is 6.69. The lowest BCUT2D eigenvalue weighted by atomic mass is 9.96. The number of rotatable bonds is 4. The zero-order valence-electron chi connectivity index (χ0n) is 11.2. The summed E-state index contributed by atoms with van der Waals surface area (Å²) in [6, 6.07) is 0.818. The maximum atomic E-state index is 5.87. The van der Waals surface area contributed by atoms with Crippen LogP contribution in [0.1, 0.15) is 33.1 Å². The molecular weight excluding hydrogens is 228 g/mol. The Morgan fingerprint density at radius 3 is 3.00 bits per heavy atom. The van der Waals surface area contributed by atoms with E-state index in [1.807, 2.05) is 6.92 Å². The molecule has 0 radical (unpaired) electrons. The average molecular weight is 250 g/mol. The Kier molecular flexibility index (Phi) is 4.36. The van der Waals surface area contributed by atoms with Crippen LogP contribution in [0.3, 0.4) is 0 Å². The molecule has 0 saturated carbocycles. The third-order valence-corrected chi connectivity index (χ3v) is 3.46. The number of anilines is 1. The minimum Gasteiger partial charge on any atom is -0.477 e. The molecule has 2 unspecified atom stereocenters. The van der Waals surface area contributed by atoms with Crippen LogP contribution in [-0.2, 0) is 0 Å². The normalized spacial score (nSPS) is 24.1. The van der Waals surface area contributed by atoms with Crippen molar-refractivity contribution in [1.82, 2.24) is 9.97 Å². The third kappa shape index (κ3) is 2.72. The van der Waals surface area contributed by atoms with Gasteiger partial charge in [-0.25, -0.2) is 0 Å². The van der Waals surface area contributed by atoms with Crippen molar-refractivity contribution in [2.45, 2.75) is 45.2 Å². The molecule has 100 valence electrons. The van der Waals surface area contributed by atoms with Crippen molar-refractivity contribution in [2.24, 2.45) is 5.73 Å². The molecule has 5 heteroatoms. The Hall–Kier alpha value is -1.36. The van der Waals surface area contributed by atoms with E-state index in [9.17, 15) is 0 Å². The van der Waals surface area contributed by atoms with Gasteiger partial charge in [-0.3, -0.25) is 4.98 Å². The van der Waals surface area contributed by atoms with E-state index in [-0.39, 0.29) is 0 Å². The number of piperidine rings is 1. The number of nitrogens with zero attached hydrogens (tertiary/aromatic N) is 3. The van der Waals surface area contributed by atoms with Crippen molar-refractivity contribution in [1.29, 1.82) is 0 Å². The maximum Gasteiger partial charge on any atom is 0.234 e. The van der Waals surface area contributed by atoms with Crippen molar-refractivity contribution in [3.8, 4) is 5.88 Å². The molecule has 18 heavy (non-hydrogen) atoms. The van der Waals surface area contributed by atoms with Gasteiger partial charge < -0.3 is 15.4 Å². The van der Waals surface area contributed by atoms with E-state index in [0.29, 0.717) is 31.1 Å². The maximum absolute atomic E-state index is 5.87. The van der Waals surface area contributed by atoms with E-state index >= 15 is 0 Å². The fourth-order valence-corrected chi connectivity index (χ4v) is 2.61. The van der Waals surface area contributed by atoms with Crippen LogP contribution in [0.2, 0.25) is 0 Å². The van der Waals surface area contributed by atoms with Crippen molar-refractivity contribution < 1.29 is 4.74 Å². The van der Waals surface area contributed by atoms with E-state index in [1.54, 1.807) is 12.4 Å². The smallest absolute Gasteiger partial charge is 0.234 e. The lowest BCUT2D eigenvalue weighted by Gasteiger charge is -2.41. The molecule has 1 fully saturated rings. The monoisotopic (exact) mass is 250 g/mol. The van der Waals surface area contributed by atoms with Gasteiger partial charge in [-0.1, -0.05) is 0 Å². The summed E-state index contributed by atoms with van der Waals surface area (Å²) in [7, 11) is 0. The van der Waals surface area contributed by atoms with Crippen molar-refractivity contribution in [3.63, 3.8) is 0 Å². The van der Waals surface area contributed by atoms with Crippen molar-refractivity contribution in [3.05, 3.63) is 12.4 Å². The highest BCUT2D eigenvalue weighted by molar-refractivity contribution is 5.41. The predicted octanol–water partition coefficient (Wildman–Crippen LogP) is 1.58. The Morgan fingerprint density at radius 2 is 2.28 bits per heavy atom. The molecule has 0 spiro atoms. The van der Waals surface area contributed by atoms with Gasteiger partial charge in [0.25, 0.3) is 0 Å². The zero-order chi connectivity index (χ0) is 13.0. The summed E-state index contributed by atoms with van der Waals surface area (Å²) in [4.78, 5) is 11.0. The van der Waals surface area contributed by atoms with Gasteiger partial charge in [-0.2, -0.15) is 4.98 Å². The summed E-state index contributed by atoms with van der Waals surface area (Å²) in [6.07, 6.45) is 6.99.